The molecule has 0 spiro atoms. The Labute approximate surface area is 264 Å². The van der Waals surface area contributed by atoms with Crippen molar-refractivity contribution >= 4 is 13.7 Å². The smallest absolute Gasteiger partial charge is 0.387 e. The first-order valence-corrected chi connectivity index (χ1v) is 18.7. The van der Waals surface area contributed by atoms with Crippen molar-refractivity contribution in [3.05, 3.63) is 24.3 Å². The number of amides is 1. The summed E-state index contributed by atoms with van der Waals surface area (Å²) < 4.78 is 23.1. The van der Waals surface area contributed by atoms with Gasteiger partial charge in [0.2, 0.25) is 5.91 Å². The number of aliphatic hydroxyl groups excluding tert-OH is 1. The third-order valence-corrected chi connectivity index (χ3v) is 8.38. The number of allylic oxidation sites excluding steroid dienone is 3. The average molecular weight is 632 g/mol. The van der Waals surface area contributed by atoms with Crippen molar-refractivity contribution in [1.29, 1.82) is 0 Å². The minimum absolute atomic E-state index is 0.0592. The molecule has 0 heterocycles. The summed E-state index contributed by atoms with van der Waals surface area (Å²) in [7, 11) is 1.56. The fourth-order valence-electron chi connectivity index (χ4n) is 4.57. The van der Waals surface area contributed by atoms with E-state index in [9.17, 15) is 19.4 Å². The summed E-state index contributed by atoms with van der Waals surface area (Å²) in [4.78, 5) is 22.6. The van der Waals surface area contributed by atoms with Crippen molar-refractivity contribution in [3.8, 4) is 0 Å². The van der Waals surface area contributed by atoms with Crippen LogP contribution in [0, 0.1) is 0 Å². The molecule has 0 aliphatic heterocycles. The van der Waals surface area contributed by atoms with Crippen LogP contribution in [0.25, 0.3) is 0 Å². The van der Waals surface area contributed by atoms with E-state index in [1.807, 2.05) is 34.1 Å². The molecule has 254 valence electrons. The highest BCUT2D eigenvalue weighted by atomic mass is 31.2. The van der Waals surface area contributed by atoms with Gasteiger partial charge in [-0.25, -0.2) is 4.57 Å². The molecule has 0 saturated heterocycles. The fourth-order valence-corrected chi connectivity index (χ4v) is 5.31. The van der Waals surface area contributed by atoms with E-state index in [1.54, 1.807) is 6.08 Å². The van der Waals surface area contributed by atoms with Gasteiger partial charge in [-0.15, -0.1) is 0 Å². The molecule has 43 heavy (non-hydrogen) atoms. The second-order valence-electron chi connectivity index (χ2n) is 12.9. The minimum Gasteiger partial charge on any atom is -0.387 e. The Morgan fingerprint density at radius 1 is 0.767 bits per heavy atom. The van der Waals surface area contributed by atoms with E-state index < -0.39 is 20.0 Å². The van der Waals surface area contributed by atoms with Crippen molar-refractivity contribution in [3.63, 3.8) is 0 Å². The number of hydrogen-bond acceptors (Lipinski definition) is 5. The van der Waals surface area contributed by atoms with E-state index in [4.69, 9.17) is 9.05 Å². The number of nitrogens with zero attached hydrogens (tertiary/aromatic N) is 1. The molecule has 1 amide bonds. The van der Waals surface area contributed by atoms with Gasteiger partial charge in [-0.2, -0.15) is 0 Å². The molecule has 0 aliphatic rings. The highest BCUT2D eigenvalue weighted by Crippen LogP contribution is 2.43. The van der Waals surface area contributed by atoms with Gasteiger partial charge in [-0.05, 0) is 38.5 Å². The monoisotopic (exact) mass is 631 g/mol. The number of likely N-dealkylation sites (N-methyl/N-ethyl adjacent to an activating group) is 1. The SMILES string of the molecule is CCC/C=C/C(O)C(COP(=O)(O)OCC[N+](C)(C)C)NC(=O)CCCCCCCCC/C=C\CCCCCCCCC. The maximum Gasteiger partial charge on any atom is 0.472 e. The van der Waals surface area contributed by atoms with Gasteiger partial charge in [-0.1, -0.05) is 115 Å². The van der Waals surface area contributed by atoms with E-state index in [2.05, 4.69) is 24.4 Å². The number of hydrogen-bond donors (Lipinski definition) is 3. The summed E-state index contributed by atoms with van der Waals surface area (Å²) in [5.74, 6) is -0.196. The summed E-state index contributed by atoms with van der Waals surface area (Å²) in [6, 6.07) is -0.840. The fraction of sp³-hybridized carbons (Fsp3) is 0.853. The molecule has 0 aliphatic carbocycles. The molecule has 0 aromatic heterocycles. The molecule has 0 rings (SSSR count). The largest absolute Gasteiger partial charge is 0.472 e. The number of aliphatic hydroxyl groups is 1. The zero-order valence-corrected chi connectivity index (χ0v) is 29.3. The highest BCUT2D eigenvalue weighted by molar-refractivity contribution is 7.47. The normalized spacial score (nSPS) is 15.2. The van der Waals surface area contributed by atoms with Gasteiger partial charge in [0.1, 0.15) is 13.2 Å². The van der Waals surface area contributed by atoms with Gasteiger partial charge in [0, 0.05) is 6.42 Å². The lowest BCUT2D eigenvalue weighted by molar-refractivity contribution is -0.870. The number of phosphoric ester groups is 1. The maximum atomic E-state index is 12.6. The van der Waals surface area contributed by atoms with Crippen molar-refractivity contribution in [1.82, 2.24) is 5.32 Å². The van der Waals surface area contributed by atoms with E-state index in [0.29, 0.717) is 17.4 Å². The third-order valence-electron chi connectivity index (χ3n) is 7.40. The topological polar surface area (TPSA) is 105 Å². The Kier molecular flexibility index (Phi) is 26.7. The van der Waals surface area contributed by atoms with Crippen LogP contribution in [0.4, 0.5) is 0 Å². The quantitative estimate of drug-likeness (QED) is 0.0319. The Balaban J connectivity index is 4.15. The molecule has 0 fully saturated rings. The lowest BCUT2D eigenvalue weighted by Crippen LogP contribution is -2.45. The summed E-state index contributed by atoms with van der Waals surface area (Å²) in [6.45, 7) is 4.57. The molecule has 0 aromatic rings. The molecular formula is C34H68N2O6P+. The zero-order chi connectivity index (χ0) is 32.2. The number of quaternary nitrogens is 1. The average Bonchev–Trinajstić information content (AvgIpc) is 2.93. The van der Waals surface area contributed by atoms with E-state index >= 15 is 0 Å². The summed E-state index contributed by atoms with van der Waals surface area (Å²) >= 11 is 0. The Morgan fingerprint density at radius 3 is 1.84 bits per heavy atom. The van der Waals surface area contributed by atoms with Crippen LogP contribution in [-0.4, -0.2) is 73.4 Å². The Hall–Kier alpha value is -1.02. The van der Waals surface area contributed by atoms with Crippen LogP contribution in [-0.2, 0) is 18.4 Å². The van der Waals surface area contributed by atoms with Crippen molar-refractivity contribution in [2.24, 2.45) is 0 Å². The zero-order valence-electron chi connectivity index (χ0n) is 28.4. The lowest BCUT2D eigenvalue weighted by Gasteiger charge is -2.25. The predicted molar refractivity (Wildman–Crippen MR) is 180 cm³/mol. The molecule has 3 N–H and O–H groups in total. The lowest BCUT2D eigenvalue weighted by atomic mass is 10.1. The molecule has 8 nitrogen and oxygen atoms in total. The van der Waals surface area contributed by atoms with Gasteiger partial charge in [0.25, 0.3) is 0 Å². The molecule has 0 bridgehead atoms. The van der Waals surface area contributed by atoms with Crippen LogP contribution in [0.1, 0.15) is 136 Å². The van der Waals surface area contributed by atoms with Crippen LogP contribution in [0.5, 0.6) is 0 Å². The maximum absolute atomic E-state index is 12.6. The number of carbonyl (C=O) groups excluding carboxylic acids is 1. The first-order chi connectivity index (χ1) is 20.5. The number of carbonyl (C=O) groups is 1. The van der Waals surface area contributed by atoms with Gasteiger partial charge < -0.3 is 19.8 Å². The Bertz CT molecular complexity index is 768. The van der Waals surface area contributed by atoms with Crippen LogP contribution in [0.3, 0.4) is 0 Å². The number of nitrogens with one attached hydrogen (secondary N) is 1. The van der Waals surface area contributed by atoms with Crippen LogP contribution < -0.4 is 5.32 Å². The highest BCUT2D eigenvalue weighted by Gasteiger charge is 2.27. The summed E-state index contributed by atoms with van der Waals surface area (Å²) in [5, 5.41) is 13.4. The van der Waals surface area contributed by atoms with Gasteiger partial charge >= 0.3 is 7.82 Å². The molecule has 0 aromatic carbocycles. The van der Waals surface area contributed by atoms with Crippen LogP contribution >= 0.6 is 7.82 Å². The number of unbranched alkanes of at least 4 members (excludes halogenated alkanes) is 15. The molecular weight excluding hydrogens is 563 g/mol. The summed E-state index contributed by atoms with van der Waals surface area (Å²) in [5.41, 5.74) is 0. The molecule has 0 radical (unpaired) electrons. The van der Waals surface area contributed by atoms with Crippen molar-refractivity contribution < 1.29 is 32.9 Å². The Morgan fingerprint density at radius 2 is 1.30 bits per heavy atom. The molecule has 3 unspecified atom stereocenters. The molecule has 3 atom stereocenters. The van der Waals surface area contributed by atoms with Crippen LogP contribution in [0.2, 0.25) is 0 Å². The van der Waals surface area contributed by atoms with Crippen molar-refractivity contribution in [2.75, 3.05) is 40.9 Å². The van der Waals surface area contributed by atoms with Crippen LogP contribution in [0.15, 0.2) is 24.3 Å². The summed E-state index contributed by atoms with van der Waals surface area (Å²) in [6.07, 6.45) is 28.9. The van der Waals surface area contributed by atoms with E-state index in [-0.39, 0.29) is 19.1 Å². The first kappa shape index (κ1) is 42.0. The van der Waals surface area contributed by atoms with Crippen molar-refractivity contribution in [2.45, 2.75) is 148 Å². The number of rotatable bonds is 30. The third kappa shape index (κ3) is 29.5. The number of phosphoric acid groups is 1. The van der Waals surface area contributed by atoms with Gasteiger partial charge in [0.15, 0.2) is 0 Å². The molecule has 9 heteroatoms. The standard InChI is InChI=1S/C34H67N2O6P/c1-6-8-10-11-12-13-14-15-16-17-18-19-20-21-22-23-24-26-28-34(38)35-32(33(37)27-25-9-7-2)31-42-43(39,40)41-30-29-36(3,4)5/h16-17,25,27,32-33,37H,6-15,18-24,26,28-31H2,1-5H3,(H-,35,38,39,40)/p+1/b17-16-,27-25+. The second kappa shape index (κ2) is 27.3. The van der Waals surface area contributed by atoms with Gasteiger partial charge in [-0.3, -0.25) is 13.8 Å². The predicted octanol–water partition coefficient (Wildman–Crippen LogP) is 8.24. The second-order valence-corrected chi connectivity index (χ2v) is 14.3. The first-order valence-electron chi connectivity index (χ1n) is 17.2. The molecule has 0 saturated carbocycles. The minimum atomic E-state index is -4.30. The van der Waals surface area contributed by atoms with E-state index in [0.717, 1.165) is 32.1 Å². The van der Waals surface area contributed by atoms with E-state index in [1.165, 1.54) is 83.5 Å². The van der Waals surface area contributed by atoms with Gasteiger partial charge in [0.05, 0.1) is 39.9 Å².